The van der Waals surface area contributed by atoms with Crippen molar-refractivity contribution in [2.75, 3.05) is 0 Å². The summed E-state index contributed by atoms with van der Waals surface area (Å²) in [6.07, 6.45) is 0. The fraction of sp³-hybridized carbons (Fsp3) is 0.143. The van der Waals surface area contributed by atoms with Gasteiger partial charge in [0.25, 0.3) is 0 Å². The summed E-state index contributed by atoms with van der Waals surface area (Å²) in [5, 5.41) is 0. The van der Waals surface area contributed by atoms with Crippen LogP contribution in [-0.2, 0) is 4.57 Å². The van der Waals surface area contributed by atoms with E-state index in [1.807, 2.05) is 19.1 Å². The Balaban J connectivity index is 2.86. The van der Waals surface area contributed by atoms with Crippen molar-refractivity contribution in [3.8, 4) is 5.75 Å². The zero-order chi connectivity index (χ0) is 8.27. The first kappa shape index (κ1) is 8.31. The van der Waals surface area contributed by atoms with E-state index in [9.17, 15) is 4.57 Å². The third-order valence-corrected chi connectivity index (χ3v) is 1.69. The third-order valence-electron chi connectivity index (χ3n) is 1.29. The Labute approximate surface area is 65.6 Å². The van der Waals surface area contributed by atoms with Crippen LogP contribution < -0.4 is 4.52 Å². The Morgan fingerprint density at radius 3 is 2.64 bits per heavy atom. The first-order chi connectivity index (χ1) is 5.20. The molecule has 0 fully saturated rings. The smallest absolute Gasteiger partial charge is 0.365 e. The van der Waals surface area contributed by atoms with Crippen LogP contribution >= 0.6 is 8.25 Å². The average molecular weight is 172 g/mol. The van der Waals surface area contributed by atoms with Gasteiger partial charge in [-0.05, 0) is 18.6 Å². The van der Waals surface area contributed by atoms with E-state index in [2.05, 4.69) is 4.52 Å². The number of hydrogen-bond donors (Lipinski definition) is 1. The van der Waals surface area contributed by atoms with Crippen LogP contribution in [0.4, 0.5) is 0 Å². The molecule has 0 amide bonds. The largest absolute Gasteiger partial charge is 0.426 e. The Morgan fingerprint density at radius 2 is 2.09 bits per heavy atom. The molecule has 1 rings (SSSR count). The summed E-state index contributed by atoms with van der Waals surface area (Å²) in [5.41, 5.74) is 0.861. The Kier molecular flexibility index (Phi) is 2.69. The number of hydrogen-bond acceptors (Lipinski definition) is 2. The molecule has 60 valence electrons. The van der Waals surface area contributed by atoms with Crippen LogP contribution in [0.3, 0.4) is 0 Å². The third kappa shape index (κ3) is 2.37. The lowest BCUT2D eigenvalue weighted by molar-refractivity contribution is 0.409. The highest BCUT2D eigenvalue weighted by Gasteiger charge is 1.98. The maximum atomic E-state index is 10.3. The van der Waals surface area contributed by atoms with Gasteiger partial charge in [-0.1, -0.05) is 18.2 Å². The van der Waals surface area contributed by atoms with Crippen LogP contribution in [0.5, 0.6) is 5.75 Å². The molecule has 0 heterocycles. The van der Waals surface area contributed by atoms with Gasteiger partial charge >= 0.3 is 8.25 Å². The van der Waals surface area contributed by atoms with Gasteiger partial charge in [0, 0.05) is 0 Å². The molecule has 0 aliphatic heterocycles. The minimum Gasteiger partial charge on any atom is -0.426 e. The van der Waals surface area contributed by atoms with Crippen LogP contribution in [0.25, 0.3) is 0 Å². The maximum Gasteiger partial charge on any atom is 0.365 e. The number of aryl methyl sites for hydroxylation is 1. The molecule has 1 aromatic rings. The maximum absolute atomic E-state index is 10.3. The highest BCUT2D eigenvalue weighted by molar-refractivity contribution is 7.32. The molecule has 0 saturated carbocycles. The van der Waals surface area contributed by atoms with Gasteiger partial charge in [-0.15, -0.1) is 0 Å². The average Bonchev–Trinajstić information content (AvgIpc) is 1.93. The highest BCUT2D eigenvalue weighted by atomic mass is 31.1. The van der Waals surface area contributed by atoms with E-state index in [1.165, 1.54) is 0 Å². The molecule has 1 unspecified atom stereocenters. The van der Waals surface area contributed by atoms with E-state index < -0.39 is 8.25 Å². The van der Waals surface area contributed by atoms with E-state index in [1.54, 1.807) is 12.1 Å². The molecule has 4 heteroatoms. The van der Waals surface area contributed by atoms with Crippen molar-refractivity contribution in [1.82, 2.24) is 0 Å². The Bertz CT molecular complexity index is 272. The van der Waals surface area contributed by atoms with Crippen molar-refractivity contribution < 1.29 is 14.0 Å². The molecule has 1 aromatic carbocycles. The molecular formula is C7H9O3P. The molecule has 1 N–H and O–H groups in total. The fourth-order valence-corrected chi connectivity index (χ4v) is 1.18. The highest BCUT2D eigenvalue weighted by Crippen LogP contribution is 2.25. The van der Waals surface area contributed by atoms with Gasteiger partial charge in [0.1, 0.15) is 5.75 Å². The van der Waals surface area contributed by atoms with Crippen LogP contribution in [0.15, 0.2) is 24.3 Å². The Hall–Kier alpha value is -0.790. The zero-order valence-corrected chi connectivity index (χ0v) is 7.07. The minimum absolute atomic E-state index is 0.471. The lowest BCUT2D eigenvalue weighted by Gasteiger charge is -2.03. The molecule has 0 radical (unpaired) electrons. The van der Waals surface area contributed by atoms with Gasteiger partial charge in [0.2, 0.25) is 0 Å². The minimum atomic E-state index is -2.86. The number of benzene rings is 1. The molecule has 0 bridgehead atoms. The van der Waals surface area contributed by atoms with Gasteiger partial charge in [-0.3, -0.25) is 0 Å². The predicted octanol–water partition coefficient (Wildman–Crippen LogP) is 1.76. The van der Waals surface area contributed by atoms with Gasteiger partial charge in [0.15, 0.2) is 0 Å². The van der Waals surface area contributed by atoms with Crippen molar-refractivity contribution in [3.05, 3.63) is 29.8 Å². The van der Waals surface area contributed by atoms with Gasteiger partial charge in [-0.2, -0.15) is 0 Å². The van der Waals surface area contributed by atoms with Crippen molar-refractivity contribution in [2.45, 2.75) is 6.92 Å². The molecule has 1 atom stereocenters. The van der Waals surface area contributed by atoms with E-state index in [4.69, 9.17) is 4.89 Å². The molecule has 3 nitrogen and oxygen atoms in total. The lowest BCUT2D eigenvalue weighted by Crippen LogP contribution is -1.82. The summed E-state index contributed by atoms with van der Waals surface area (Å²) >= 11 is 0. The van der Waals surface area contributed by atoms with Crippen LogP contribution in [-0.4, -0.2) is 4.89 Å². The van der Waals surface area contributed by atoms with Crippen molar-refractivity contribution in [3.63, 3.8) is 0 Å². The molecule has 0 saturated heterocycles. The molecular weight excluding hydrogens is 163 g/mol. The van der Waals surface area contributed by atoms with Crippen molar-refractivity contribution >= 4 is 8.25 Å². The van der Waals surface area contributed by atoms with Crippen LogP contribution in [0, 0.1) is 6.92 Å². The number of rotatable bonds is 2. The first-order valence-electron chi connectivity index (χ1n) is 3.16. The SMILES string of the molecule is Cc1ccccc1O[PH](=O)O. The van der Waals surface area contributed by atoms with Gasteiger partial charge < -0.3 is 9.42 Å². The summed E-state index contributed by atoms with van der Waals surface area (Å²) in [7, 11) is -2.86. The molecule has 0 aliphatic rings. The zero-order valence-electron chi connectivity index (χ0n) is 6.07. The summed E-state index contributed by atoms with van der Waals surface area (Å²) in [6.45, 7) is 1.82. The topological polar surface area (TPSA) is 46.5 Å². The number of para-hydroxylation sites is 1. The second-order valence-corrected chi connectivity index (χ2v) is 2.87. The molecule has 0 aliphatic carbocycles. The molecule has 0 spiro atoms. The summed E-state index contributed by atoms with van der Waals surface area (Å²) in [5.74, 6) is 0.471. The molecule has 0 aromatic heterocycles. The standard InChI is InChI=1S/C7H9O3P/c1-6-4-2-3-5-7(6)10-11(8)9/h2-5,11H,1H3,(H,8,9). The fourth-order valence-electron chi connectivity index (χ4n) is 0.765. The predicted molar refractivity (Wildman–Crippen MR) is 43.0 cm³/mol. The van der Waals surface area contributed by atoms with Crippen molar-refractivity contribution in [2.24, 2.45) is 0 Å². The quantitative estimate of drug-likeness (QED) is 0.691. The van der Waals surface area contributed by atoms with E-state index >= 15 is 0 Å². The van der Waals surface area contributed by atoms with E-state index in [-0.39, 0.29) is 0 Å². The van der Waals surface area contributed by atoms with Crippen molar-refractivity contribution in [1.29, 1.82) is 0 Å². The summed E-state index contributed by atoms with van der Waals surface area (Å²) in [6, 6.07) is 7.08. The normalized spacial score (nSPS) is 12.5. The summed E-state index contributed by atoms with van der Waals surface area (Å²) < 4.78 is 14.9. The lowest BCUT2D eigenvalue weighted by atomic mass is 10.2. The second kappa shape index (κ2) is 3.56. The molecule has 11 heavy (non-hydrogen) atoms. The van der Waals surface area contributed by atoms with Crippen LogP contribution in [0.1, 0.15) is 5.56 Å². The first-order valence-corrected chi connectivity index (χ1v) is 4.43. The second-order valence-electron chi connectivity index (χ2n) is 2.13. The summed E-state index contributed by atoms with van der Waals surface area (Å²) in [4.78, 5) is 8.45. The van der Waals surface area contributed by atoms with E-state index in [0.717, 1.165) is 5.56 Å². The Morgan fingerprint density at radius 1 is 1.45 bits per heavy atom. The van der Waals surface area contributed by atoms with Gasteiger partial charge in [-0.25, -0.2) is 4.57 Å². The van der Waals surface area contributed by atoms with E-state index in [0.29, 0.717) is 5.75 Å². The monoisotopic (exact) mass is 172 g/mol. The van der Waals surface area contributed by atoms with Crippen LogP contribution in [0.2, 0.25) is 0 Å². The van der Waals surface area contributed by atoms with Gasteiger partial charge in [0.05, 0.1) is 0 Å².